The molecule has 0 spiro atoms. The molecule has 2 saturated heterocycles. The van der Waals surface area contributed by atoms with E-state index in [1.807, 2.05) is 5.57 Å². The molecule has 3 atom stereocenters. The first-order valence-electron chi connectivity index (χ1n) is 11.7. The molecule has 0 radical (unpaired) electrons. The lowest BCUT2D eigenvalue weighted by Crippen LogP contribution is -2.61. The number of allylic oxidation sites excluding steroid dienone is 2. The van der Waals surface area contributed by atoms with Gasteiger partial charge in [-0.3, -0.25) is 0 Å². The second-order valence-corrected chi connectivity index (χ2v) is 10.4. The summed E-state index contributed by atoms with van der Waals surface area (Å²) in [4.78, 5) is 0. The molecule has 0 amide bonds. The van der Waals surface area contributed by atoms with Gasteiger partial charge in [-0.15, -0.1) is 0 Å². The van der Waals surface area contributed by atoms with Crippen molar-refractivity contribution in [2.24, 2.45) is 17.8 Å². The van der Waals surface area contributed by atoms with Crippen molar-refractivity contribution in [3.05, 3.63) is 11.6 Å². The van der Waals surface area contributed by atoms with Crippen LogP contribution in [0.5, 0.6) is 0 Å². The summed E-state index contributed by atoms with van der Waals surface area (Å²) >= 11 is 0. The lowest BCUT2D eigenvalue weighted by Gasteiger charge is -2.53. The molecule has 0 aromatic heterocycles. The van der Waals surface area contributed by atoms with Gasteiger partial charge in [-0.1, -0.05) is 50.2 Å². The molecule has 0 aromatic rings. The van der Waals surface area contributed by atoms with E-state index in [4.69, 9.17) is 0 Å². The second-order valence-electron chi connectivity index (χ2n) is 10.4. The fourth-order valence-electron chi connectivity index (χ4n) is 7.01. The Balaban J connectivity index is 1.53. The monoisotopic (exact) mass is 344 g/mol. The SMILES string of the molecule is C[N+]1(C)[C@@H]2CCC[C@H]1CC(C=C(C1CCCCC1)C1CCCCC1)C2. The first kappa shape index (κ1) is 18.1. The minimum Gasteiger partial charge on any atom is -0.324 e. The van der Waals surface area contributed by atoms with Crippen molar-refractivity contribution in [2.45, 2.75) is 108 Å². The highest BCUT2D eigenvalue weighted by Gasteiger charge is 2.45. The van der Waals surface area contributed by atoms with Crippen LogP contribution in [0.15, 0.2) is 11.6 Å². The zero-order valence-corrected chi connectivity index (χ0v) is 17.0. The van der Waals surface area contributed by atoms with Gasteiger partial charge in [-0.2, -0.15) is 0 Å². The van der Waals surface area contributed by atoms with E-state index in [1.165, 1.54) is 101 Å². The third-order valence-corrected chi connectivity index (χ3v) is 8.69. The van der Waals surface area contributed by atoms with Crippen LogP contribution >= 0.6 is 0 Å². The van der Waals surface area contributed by atoms with Gasteiger partial charge in [0, 0.05) is 12.8 Å². The Bertz CT molecular complexity index is 428. The molecule has 2 aliphatic heterocycles. The molecule has 4 fully saturated rings. The number of hydrogen-bond acceptors (Lipinski definition) is 0. The van der Waals surface area contributed by atoms with E-state index in [0.717, 1.165) is 29.8 Å². The van der Waals surface area contributed by atoms with Gasteiger partial charge in [-0.05, 0) is 62.7 Å². The minimum atomic E-state index is 0.903. The van der Waals surface area contributed by atoms with Gasteiger partial charge in [0.1, 0.15) is 0 Å². The van der Waals surface area contributed by atoms with Crippen LogP contribution in [0.3, 0.4) is 0 Å². The van der Waals surface area contributed by atoms with E-state index in [-0.39, 0.29) is 0 Å². The highest BCUT2D eigenvalue weighted by molar-refractivity contribution is 5.15. The van der Waals surface area contributed by atoms with Crippen molar-refractivity contribution in [3.8, 4) is 0 Å². The topological polar surface area (TPSA) is 0 Å². The van der Waals surface area contributed by atoms with Crippen LogP contribution in [0.1, 0.15) is 96.3 Å². The van der Waals surface area contributed by atoms with Gasteiger partial charge < -0.3 is 4.48 Å². The van der Waals surface area contributed by atoms with Gasteiger partial charge in [0.15, 0.2) is 0 Å². The molecular weight excluding hydrogens is 302 g/mol. The Morgan fingerprint density at radius 2 is 1.12 bits per heavy atom. The highest BCUT2D eigenvalue weighted by atomic mass is 15.4. The van der Waals surface area contributed by atoms with E-state index in [9.17, 15) is 0 Å². The Kier molecular flexibility index (Phi) is 5.60. The first-order valence-corrected chi connectivity index (χ1v) is 11.7. The molecule has 1 nitrogen and oxygen atoms in total. The van der Waals surface area contributed by atoms with Crippen LogP contribution in [0.25, 0.3) is 0 Å². The molecule has 0 aromatic carbocycles. The molecule has 0 N–H and O–H groups in total. The van der Waals surface area contributed by atoms with Crippen LogP contribution in [-0.2, 0) is 0 Å². The van der Waals surface area contributed by atoms with Crippen molar-refractivity contribution in [1.29, 1.82) is 0 Å². The maximum atomic E-state index is 2.90. The predicted molar refractivity (Wildman–Crippen MR) is 107 cm³/mol. The highest BCUT2D eigenvalue weighted by Crippen LogP contribution is 2.44. The molecule has 1 heteroatoms. The Labute approximate surface area is 156 Å². The smallest absolute Gasteiger partial charge is 0.0894 e. The number of fused-ring (bicyclic) bond motifs is 2. The summed E-state index contributed by atoms with van der Waals surface area (Å²) in [5.74, 6) is 2.82. The molecule has 25 heavy (non-hydrogen) atoms. The largest absolute Gasteiger partial charge is 0.324 e. The molecule has 1 unspecified atom stereocenters. The quantitative estimate of drug-likeness (QED) is 0.406. The third-order valence-electron chi connectivity index (χ3n) is 8.69. The maximum Gasteiger partial charge on any atom is 0.0894 e. The van der Waals surface area contributed by atoms with Gasteiger partial charge in [-0.25, -0.2) is 0 Å². The van der Waals surface area contributed by atoms with Crippen molar-refractivity contribution < 1.29 is 4.48 Å². The lowest BCUT2D eigenvalue weighted by atomic mass is 9.70. The summed E-state index contributed by atoms with van der Waals surface area (Å²) < 4.78 is 1.33. The summed E-state index contributed by atoms with van der Waals surface area (Å²) in [5.41, 5.74) is 1.97. The normalized spacial score (nSPS) is 36.8. The Hall–Kier alpha value is -0.300. The third kappa shape index (κ3) is 3.87. The number of nitrogens with zero attached hydrogens (tertiary/aromatic N) is 1. The van der Waals surface area contributed by atoms with Crippen LogP contribution in [0, 0.1) is 17.8 Å². The fraction of sp³-hybridized carbons (Fsp3) is 0.917. The van der Waals surface area contributed by atoms with Crippen LogP contribution in [0.4, 0.5) is 0 Å². The average molecular weight is 345 g/mol. The van der Waals surface area contributed by atoms with E-state index in [1.54, 1.807) is 0 Å². The summed E-state index contributed by atoms with van der Waals surface area (Å²) in [6.45, 7) is 0. The fourth-order valence-corrected chi connectivity index (χ4v) is 7.01. The number of quaternary nitrogens is 1. The molecule has 2 saturated carbocycles. The average Bonchev–Trinajstić information content (AvgIpc) is 2.61. The lowest BCUT2D eigenvalue weighted by molar-refractivity contribution is -0.950. The van der Waals surface area contributed by atoms with Crippen molar-refractivity contribution in [1.82, 2.24) is 0 Å². The van der Waals surface area contributed by atoms with Crippen molar-refractivity contribution in [3.63, 3.8) is 0 Å². The molecule has 4 rings (SSSR count). The summed E-state index contributed by atoms with van der Waals surface area (Å²) in [5, 5.41) is 0. The standard InChI is InChI=1S/C24H42N/c1-25(2)22-14-9-15-23(25)17-19(16-22)18-24(20-10-5-3-6-11-20)21-12-7-4-8-13-21/h18-23H,3-17H2,1-2H3/q+1/t19?,22-,23+. The predicted octanol–water partition coefficient (Wildman–Crippen LogP) is 6.48. The number of hydrogen-bond donors (Lipinski definition) is 0. The van der Waals surface area contributed by atoms with Crippen LogP contribution in [0.2, 0.25) is 0 Å². The van der Waals surface area contributed by atoms with E-state index >= 15 is 0 Å². The van der Waals surface area contributed by atoms with E-state index < -0.39 is 0 Å². The molecule has 142 valence electrons. The number of piperidine rings is 2. The minimum absolute atomic E-state index is 0.903. The molecule has 2 bridgehead atoms. The van der Waals surface area contributed by atoms with Crippen molar-refractivity contribution >= 4 is 0 Å². The maximum absolute atomic E-state index is 2.90. The molecule has 2 heterocycles. The van der Waals surface area contributed by atoms with Gasteiger partial charge in [0.2, 0.25) is 0 Å². The van der Waals surface area contributed by atoms with Gasteiger partial charge in [0.25, 0.3) is 0 Å². The molecular formula is C24H42N+. The summed E-state index contributed by atoms with van der Waals surface area (Å²) in [7, 11) is 5.05. The summed E-state index contributed by atoms with van der Waals surface area (Å²) in [6.07, 6.45) is 25.3. The van der Waals surface area contributed by atoms with Gasteiger partial charge in [0.05, 0.1) is 26.2 Å². The van der Waals surface area contributed by atoms with Crippen LogP contribution < -0.4 is 0 Å². The molecule has 2 aliphatic carbocycles. The van der Waals surface area contributed by atoms with E-state index in [0.29, 0.717) is 0 Å². The molecule has 4 aliphatic rings. The second kappa shape index (κ2) is 7.75. The number of rotatable bonds is 3. The first-order chi connectivity index (χ1) is 12.1. The van der Waals surface area contributed by atoms with E-state index in [2.05, 4.69) is 20.2 Å². The van der Waals surface area contributed by atoms with Gasteiger partial charge >= 0.3 is 0 Å². The Morgan fingerprint density at radius 3 is 1.60 bits per heavy atom. The summed E-state index contributed by atoms with van der Waals surface area (Å²) in [6, 6.07) is 1.88. The van der Waals surface area contributed by atoms with Crippen molar-refractivity contribution in [2.75, 3.05) is 14.1 Å². The zero-order chi connectivity index (χ0) is 17.3. The van der Waals surface area contributed by atoms with Crippen LogP contribution in [-0.4, -0.2) is 30.7 Å². The zero-order valence-electron chi connectivity index (χ0n) is 17.0. The Morgan fingerprint density at radius 1 is 0.640 bits per heavy atom.